The van der Waals surface area contributed by atoms with Crippen LogP contribution >= 0.6 is 11.3 Å². The molecule has 1 N–H and O–H groups in total. The molecule has 2 heterocycles. The Morgan fingerprint density at radius 1 is 1.47 bits per heavy atom. The first kappa shape index (κ1) is 13.6. The predicted molar refractivity (Wildman–Crippen MR) is 68.5 cm³/mol. The zero-order valence-corrected chi connectivity index (χ0v) is 11.7. The van der Waals surface area contributed by atoms with Crippen LogP contribution in [0.2, 0.25) is 0 Å². The Balaban J connectivity index is 2.15. The van der Waals surface area contributed by atoms with Gasteiger partial charge in [0.1, 0.15) is 5.75 Å². The van der Waals surface area contributed by atoms with E-state index in [4.69, 9.17) is 4.52 Å². The van der Waals surface area contributed by atoms with Gasteiger partial charge in [0, 0.05) is 13.5 Å². The molecule has 2 aromatic rings. The Hall–Kier alpha value is -1.81. The summed E-state index contributed by atoms with van der Waals surface area (Å²) in [7, 11) is -3.61. The molecule has 102 valence electrons. The molecule has 10 heteroatoms. The molecule has 8 nitrogen and oxygen atoms in total. The number of anilines is 1. The van der Waals surface area contributed by atoms with Gasteiger partial charge in [-0.25, -0.2) is 8.42 Å². The third-order valence-electron chi connectivity index (χ3n) is 1.96. The molecule has 0 spiro atoms. The highest BCUT2D eigenvalue weighted by molar-refractivity contribution is 7.92. The molecule has 0 saturated carbocycles. The van der Waals surface area contributed by atoms with E-state index in [-0.39, 0.29) is 15.9 Å². The zero-order valence-electron chi connectivity index (χ0n) is 10.0. The maximum absolute atomic E-state index is 12.0. The van der Waals surface area contributed by atoms with E-state index in [9.17, 15) is 8.42 Å². The average Bonchev–Trinajstić information content (AvgIpc) is 2.95. The molecule has 0 aliphatic carbocycles. The first-order chi connectivity index (χ1) is 9.01. The molecule has 2 rings (SSSR count). The fourth-order valence-corrected chi connectivity index (χ4v) is 3.35. The molecule has 0 aliphatic heterocycles. The van der Waals surface area contributed by atoms with E-state index in [0.717, 1.165) is 11.3 Å². The van der Waals surface area contributed by atoms with Gasteiger partial charge < -0.3 is 9.84 Å². The number of hydrogen-bond acceptors (Lipinski definition) is 9. The summed E-state index contributed by atoms with van der Waals surface area (Å²) in [6.45, 7) is 5.61. The summed E-state index contributed by atoms with van der Waals surface area (Å²) in [5, 5.41) is 14.2. The Labute approximate surface area is 113 Å². The number of nitrogens with zero attached hydrogens (tertiary/aromatic N) is 4. The van der Waals surface area contributed by atoms with E-state index in [1.807, 2.05) is 0 Å². The van der Waals surface area contributed by atoms with Gasteiger partial charge in [0.25, 0.3) is 0 Å². The molecule has 0 unspecified atom stereocenters. The molecule has 19 heavy (non-hydrogen) atoms. The lowest BCUT2D eigenvalue weighted by atomic mass is 10.6. The minimum absolute atomic E-state index is 0.0819. The van der Waals surface area contributed by atoms with Gasteiger partial charge in [-0.2, -0.15) is 4.98 Å². The summed E-state index contributed by atoms with van der Waals surface area (Å²) in [6.07, 6.45) is 1.64. The Morgan fingerprint density at radius 3 is 2.89 bits per heavy atom. The van der Waals surface area contributed by atoms with E-state index in [0.29, 0.717) is 17.6 Å². The number of aromatic nitrogens is 4. The molecule has 0 amide bonds. The van der Waals surface area contributed by atoms with Gasteiger partial charge in [-0.3, -0.25) is 0 Å². The third kappa shape index (κ3) is 3.35. The summed E-state index contributed by atoms with van der Waals surface area (Å²) >= 11 is 0.951. The molecule has 0 bridgehead atoms. The first-order valence-corrected chi connectivity index (χ1v) is 7.68. The Bertz CT molecular complexity index is 676. The fourth-order valence-electron chi connectivity index (χ4n) is 1.20. The van der Waals surface area contributed by atoms with Crippen LogP contribution in [0.5, 0.6) is 0 Å². The third-order valence-corrected chi connectivity index (χ3v) is 4.90. The van der Waals surface area contributed by atoms with E-state index >= 15 is 0 Å². The molecule has 0 radical (unpaired) electrons. The summed E-state index contributed by atoms with van der Waals surface area (Å²) in [5.41, 5.74) is 0. The topological polar surface area (TPSA) is 111 Å². The number of hydrogen-bond donors (Lipinski definition) is 1. The second-order valence-corrected chi connectivity index (χ2v) is 6.67. The van der Waals surface area contributed by atoms with Crippen LogP contribution in [0.4, 0.5) is 5.13 Å². The SMILES string of the molecule is C=CCNc1nnc(S(=O)(=O)Cc2noc(C)n2)s1. The molecule has 0 saturated heterocycles. The highest BCUT2D eigenvalue weighted by Gasteiger charge is 2.23. The van der Waals surface area contributed by atoms with E-state index in [1.54, 1.807) is 13.0 Å². The molecule has 0 aromatic carbocycles. The van der Waals surface area contributed by atoms with Crippen molar-refractivity contribution in [1.29, 1.82) is 0 Å². The highest BCUT2D eigenvalue weighted by Crippen LogP contribution is 2.22. The average molecular weight is 301 g/mol. The molecule has 0 fully saturated rings. The zero-order chi connectivity index (χ0) is 13.9. The minimum Gasteiger partial charge on any atom is -0.357 e. The van der Waals surface area contributed by atoms with Crippen LogP contribution in [0.1, 0.15) is 11.7 Å². The summed E-state index contributed by atoms with van der Waals surface area (Å²) in [5.74, 6) is 0.0598. The maximum Gasteiger partial charge on any atom is 0.234 e. The van der Waals surface area contributed by atoms with Gasteiger partial charge in [-0.15, -0.1) is 16.8 Å². The van der Waals surface area contributed by atoms with Crippen molar-refractivity contribution in [1.82, 2.24) is 20.3 Å². The quantitative estimate of drug-likeness (QED) is 0.780. The van der Waals surface area contributed by atoms with E-state index in [1.165, 1.54) is 0 Å². The van der Waals surface area contributed by atoms with Crippen molar-refractivity contribution in [3.05, 3.63) is 24.4 Å². The molecule has 2 aromatic heterocycles. The normalized spacial score (nSPS) is 11.4. The van der Waals surface area contributed by atoms with Gasteiger partial charge in [-0.05, 0) is 0 Å². The van der Waals surface area contributed by atoms with Gasteiger partial charge in [0.05, 0.1) is 0 Å². The van der Waals surface area contributed by atoms with E-state index in [2.05, 4.69) is 32.2 Å². The van der Waals surface area contributed by atoms with Crippen LogP contribution in [-0.2, 0) is 15.6 Å². The second kappa shape index (κ2) is 5.45. The maximum atomic E-state index is 12.0. The van der Waals surface area contributed by atoms with Gasteiger partial charge in [0.2, 0.25) is 25.2 Å². The Kier molecular flexibility index (Phi) is 3.90. The smallest absolute Gasteiger partial charge is 0.234 e. The molecule has 0 atom stereocenters. The number of nitrogens with one attached hydrogen (secondary N) is 1. The van der Waals surface area contributed by atoms with Crippen LogP contribution in [-0.4, -0.2) is 35.3 Å². The largest absolute Gasteiger partial charge is 0.357 e. The van der Waals surface area contributed by atoms with Crippen molar-refractivity contribution in [2.24, 2.45) is 0 Å². The minimum atomic E-state index is -3.61. The predicted octanol–water partition coefficient (Wildman–Crippen LogP) is 0.801. The van der Waals surface area contributed by atoms with Crippen molar-refractivity contribution in [3.63, 3.8) is 0 Å². The van der Waals surface area contributed by atoms with Gasteiger partial charge >= 0.3 is 0 Å². The summed E-state index contributed by atoms with van der Waals surface area (Å²) in [6, 6.07) is 0. The fraction of sp³-hybridized carbons (Fsp3) is 0.333. The Morgan fingerprint density at radius 2 is 2.26 bits per heavy atom. The van der Waals surface area contributed by atoms with Crippen LogP contribution in [0.3, 0.4) is 0 Å². The van der Waals surface area contributed by atoms with Crippen molar-refractivity contribution >= 4 is 26.3 Å². The van der Waals surface area contributed by atoms with Crippen molar-refractivity contribution in [3.8, 4) is 0 Å². The lowest BCUT2D eigenvalue weighted by Gasteiger charge is -1.95. The number of sulfone groups is 1. The van der Waals surface area contributed by atoms with Crippen molar-refractivity contribution in [2.45, 2.75) is 17.0 Å². The standard InChI is InChI=1S/C9H11N5O3S2/c1-3-4-10-8-12-13-9(18-8)19(15,16)5-7-11-6(2)17-14-7/h3H,1,4-5H2,2H3,(H,10,12). The lowest BCUT2D eigenvalue weighted by Crippen LogP contribution is -2.06. The van der Waals surface area contributed by atoms with Gasteiger partial charge in [-0.1, -0.05) is 22.6 Å². The first-order valence-electron chi connectivity index (χ1n) is 5.21. The van der Waals surface area contributed by atoms with Crippen molar-refractivity contribution in [2.75, 3.05) is 11.9 Å². The van der Waals surface area contributed by atoms with Gasteiger partial charge in [0.15, 0.2) is 5.82 Å². The van der Waals surface area contributed by atoms with E-state index < -0.39 is 9.84 Å². The van der Waals surface area contributed by atoms with Crippen LogP contribution in [0.25, 0.3) is 0 Å². The number of rotatable bonds is 6. The van der Waals surface area contributed by atoms with Crippen LogP contribution < -0.4 is 5.32 Å². The monoisotopic (exact) mass is 301 g/mol. The van der Waals surface area contributed by atoms with Crippen LogP contribution in [0, 0.1) is 6.92 Å². The highest BCUT2D eigenvalue weighted by atomic mass is 32.2. The summed E-state index contributed by atoms with van der Waals surface area (Å²) in [4.78, 5) is 3.85. The molecule has 0 aliphatic rings. The molecular weight excluding hydrogens is 290 g/mol. The summed E-state index contributed by atoms with van der Waals surface area (Å²) < 4.78 is 28.7. The van der Waals surface area contributed by atoms with Crippen molar-refractivity contribution < 1.29 is 12.9 Å². The second-order valence-electron chi connectivity index (χ2n) is 3.53. The number of aryl methyl sites for hydroxylation is 1. The lowest BCUT2D eigenvalue weighted by molar-refractivity contribution is 0.388. The molecular formula is C9H11N5O3S2. The van der Waals surface area contributed by atoms with Crippen LogP contribution in [0.15, 0.2) is 21.5 Å².